The van der Waals surface area contributed by atoms with E-state index in [1.807, 2.05) is 6.07 Å². The molecule has 8 nitrogen and oxygen atoms in total. The third-order valence-electron chi connectivity index (χ3n) is 4.57. The Kier molecular flexibility index (Phi) is 6.28. The molecule has 0 aromatic heterocycles. The first-order valence-electron chi connectivity index (χ1n) is 8.70. The van der Waals surface area contributed by atoms with E-state index in [-0.39, 0.29) is 0 Å². The first-order chi connectivity index (χ1) is 13.4. The predicted octanol–water partition coefficient (Wildman–Crippen LogP) is 0.319. The van der Waals surface area contributed by atoms with Crippen molar-refractivity contribution in [3.05, 3.63) is 54.1 Å². The van der Waals surface area contributed by atoms with Crippen LogP contribution in [0.15, 0.2) is 48.5 Å². The smallest absolute Gasteiger partial charge is 0.337 e. The van der Waals surface area contributed by atoms with Crippen LogP contribution in [-0.2, 0) is 9.47 Å². The summed E-state index contributed by atoms with van der Waals surface area (Å²) in [5.41, 5.74) is 2.05. The second kappa shape index (κ2) is 8.68. The molecule has 0 unspecified atom stereocenters. The zero-order chi connectivity index (χ0) is 20.3. The van der Waals surface area contributed by atoms with Gasteiger partial charge in [-0.1, -0.05) is 24.3 Å². The van der Waals surface area contributed by atoms with Gasteiger partial charge in [-0.05, 0) is 35.4 Å². The minimum Gasteiger partial charge on any atom is -0.465 e. The first kappa shape index (κ1) is 20.2. The monoisotopic (exact) mass is 390 g/mol. The Labute approximate surface area is 161 Å². The molecule has 2 aromatic rings. The van der Waals surface area contributed by atoms with Gasteiger partial charge in [-0.15, -0.1) is 0 Å². The van der Waals surface area contributed by atoms with Gasteiger partial charge in [0.05, 0.1) is 19.3 Å². The van der Waals surface area contributed by atoms with Crippen LogP contribution < -0.4 is 4.74 Å². The third-order valence-corrected chi connectivity index (χ3v) is 4.57. The Morgan fingerprint density at radius 1 is 1.00 bits per heavy atom. The van der Waals surface area contributed by atoms with Gasteiger partial charge in [0.15, 0.2) is 0 Å². The average Bonchev–Trinajstić information content (AvgIpc) is 2.74. The van der Waals surface area contributed by atoms with Crippen LogP contribution in [0.25, 0.3) is 11.1 Å². The van der Waals surface area contributed by atoms with Crippen molar-refractivity contribution in [3.63, 3.8) is 0 Å². The summed E-state index contributed by atoms with van der Waals surface area (Å²) in [5.74, 6) is -0.0647. The summed E-state index contributed by atoms with van der Waals surface area (Å²) in [6.07, 6.45) is -6.74. The molecule has 2 aromatic carbocycles. The zero-order valence-electron chi connectivity index (χ0n) is 15.1. The summed E-state index contributed by atoms with van der Waals surface area (Å²) >= 11 is 0. The van der Waals surface area contributed by atoms with E-state index in [0.29, 0.717) is 11.3 Å². The molecule has 3 rings (SSSR count). The van der Waals surface area contributed by atoms with Gasteiger partial charge < -0.3 is 34.6 Å². The summed E-state index contributed by atoms with van der Waals surface area (Å²) in [6, 6.07) is 13.7. The van der Waals surface area contributed by atoms with Gasteiger partial charge in [0.1, 0.15) is 30.2 Å². The number of benzene rings is 2. The first-order valence-corrected chi connectivity index (χ1v) is 8.70. The fourth-order valence-electron chi connectivity index (χ4n) is 2.96. The maximum atomic E-state index is 11.5. The Hall–Kier alpha value is -2.49. The highest BCUT2D eigenvalue weighted by Crippen LogP contribution is 2.28. The highest BCUT2D eigenvalue weighted by atomic mass is 16.7. The molecular weight excluding hydrogens is 368 g/mol. The normalized spacial score (nSPS) is 27.2. The van der Waals surface area contributed by atoms with Crippen molar-refractivity contribution in [2.45, 2.75) is 30.7 Å². The highest BCUT2D eigenvalue weighted by molar-refractivity contribution is 5.90. The van der Waals surface area contributed by atoms with E-state index in [9.17, 15) is 25.2 Å². The van der Waals surface area contributed by atoms with Crippen LogP contribution in [0, 0.1) is 0 Å². The maximum Gasteiger partial charge on any atom is 0.337 e. The van der Waals surface area contributed by atoms with Crippen molar-refractivity contribution in [1.82, 2.24) is 0 Å². The topological polar surface area (TPSA) is 126 Å². The molecule has 0 radical (unpaired) electrons. The van der Waals surface area contributed by atoms with E-state index < -0.39 is 43.3 Å². The average molecular weight is 390 g/mol. The molecule has 0 spiro atoms. The lowest BCUT2D eigenvalue weighted by atomic mass is 9.99. The van der Waals surface area contributed by atoms with Crippen LogP contribution in [0.1, 0.15) is 10.4 Å². The molecule has 0 saturated carbocycles. The van der Waals surface area contributed by atoms with E-state index in [2.05, 4.69) is 4.74 Å². The van der Waals surface area contributed by atoms with Crippen LogP contribution >= 0.6 is 0 Å². The Balaban J connectivity index is 1.77. The molecule has 0 aliphatic carbocycles. The van der Waals surface area contributed by atoms with Gasteiger partial charge in [0.2, 0.25) is 6.29 Å². The molecule has 150 valence electrons. The van der Waals surface area contributed by atoms with E-state index in [4.69, 9.17) is 9.47 Å². The molecule has 1 aliphatic rings. The van der Waals surface area contributed by atoms with E-state index in [0.717, 1.165) is 11.1 Å². The number of esters is 1. The molecule has 4 N–H and O–H groups in total. The number of carbonyl (C=O) groups is 1. The van der Waals surface area contributed by atoms with Gasteiger partial charge in [-0.25, -0.2) is 4.79 Å². The van der Waals surface area contributed by atoms with Crippen molar-refractivity contribution >= 4 is 5.97 Å². The number of hydrogen-bond donors (Lipinski definition) is 4. The van der Waals surface area contributed by atoms with Crippen LogP contribution in [0.4, 0.5) is 0 Å². The van der Waals surface area contributed by atoms with Crippen LogP contribution in [-0.4, -0.2) is 70.8 Å². The largest absolute Gasteiger partial charge is 0.465 e. The minimum absolute atomic E-state index is 0.360. The number of ether oxygens (including phenoxy) is 3. The Morgan fingerprint density at radius 2 is 1.71 bits per heavy atom. The molecular formula is C20H22O8. The third kappa shape index (κ3) is 4.16. The minimum atomic E-state index is -1.51. The highest BCUT2D eigenvalue weighted by Gasteiger charge is 2.44. The lowest BCUT2D eigenvalue weighted by molar-refractivity contribution is -0.277. The molecule has 1 aliphatic heterocycles. The lowest BCUT2D eigenvalue weighted by Crippen LogP contribution is -2.60. The van der Waals surface area contributed by atoms with Crippen molar-refractivity contribution in [3.8, 4) is 16.9 Å². The summed E-state index contributed by atoms with van der Waals surface area (Å²) in [6.45, 7) is -0.530. The fraction of sp³-hybridized carbons (Fsp3) is 0.350. The molecule has 1 fully saturated rings. The zero-order valence-corrected chi connectivity index (χ0v) is 15.1. The van der Waals surface area contributed by atoms with E-state index in [1.54, 1.807) is 42.5 Å². The summed E-state index contributed by atoms with van der Waals surface area (Å²) < 4.78 is 15.7. The standard InChI is InChI=1S/C20H22O8/c1-26-19(25)12-7-5-11(6-8-12)13-3-2-4-14(9-13)27-20-18(24)17(23)16(22)15(10-21)28-20/h2-9,15-18,20-24H,10H2,1H3/t15-,16-,17+,18+,20-/m1/s1. The van der Waals surface area contributed by atoms with Crippen molar-refractivity contribution in [2.24, 2.45) is 0 Å². The van der Waals surface area contributed by atoms with Gasteiger partial charge >= 0.3 is 5.97 Å². The Morgan fingerprint density at radius 3 is 2.36 bits per heavy atom. The van der Waals surface area contributed by atoms with Crippen LogP contribution in [0.3, 0.4) is 0 Å². The molecule has 8 heteroatoms. The molecule has 5 atom stereocenters. The maximum absolute atomic E-state index is 11.5. The number of carbonyl (C=O) groups excluding carboxylic acids is 1. The molecule has 0 bridgehead atoms. The fourth-order valence-corrected chi connectivity index (χ4v) is 2.96. The number of aliphatic hydroxyl groups excluding tert-OH is 4. The SMILES string of the molecule is COC(=O)c1ccc(-c2cccc(O[C@@H]3O[C@H](CO)[C@@H](O)[C@H](O)[C@@H]3O)c2)cc1. The van der Waals surface area contributed by atoms with Crippen LogP contribution in [0.2, 0.25) is 0 Å². The predicted molar refractivity (Wildman–Crippen MR) is 97.6 cm³/mol. The lowest BCUT2D eigenvalue weighted by Gasteiger charge is -2.39. The Bertz CT molecular complexity index is 804. The second-order valence-electron chi connectivity index (χ2n) is 6.41. The molecule has 28 heavy (non-hydrogen) atoms. The summed E-state index contributed by atoms with van der Waals surface area (Å²) in [4.78, 5) is 11.5. The quantitative estimate of drug-likeness (QED) is 0.538. The van der Waals surface area contributed by atoms with Gasteiger partial charge in [-0.3, -0.25) is 0 Å². The number of aliphatic hydroxyl groups is 4. The van der Waals surface area contributed by atoms with Crippen molar-refractivity contribution in [2.75, 3.05) is 13.7 Å². The van der Waals surface area contributed by atoms with Gasteiger partial charge in [-0.2, -0.15) is 0 Å². The molecule has 0 amide bonds. The van der Waals surface area contributed by atoms with E-state index >= 15 is 0 Å². The summed E-state index contributed by atoms with van der Waals surface area (Å²) in [5, 5.41) is 39.0. The molecule has 1 heterocycles. The molecule has 1 saturated heterocycles. The van der Waals surface area contributed by atoms with Crippen LogP contribution in [0.5, 0.6) is 5.75 Å². The van der Waals surface area contributed by atoms with Crippen molar-refractivity contribution < 1.29 is 39.4 Å². The van der Waals surface area contributed by atoms with E-state index in [1.165, 1.54) is 7.11 Å². The summed E-state index contributed by atoms with van der Waals surface area (Å²) in [7, 11) is 1.32. The van der Waals surface area contributed by atoms with Gasteiger partial charge in [0, 0.05) is 0 Å². The van der Waals surface area contributed by atoms with Crippen molar-refractivity contribution in [1.29, 1.82) is 0 Å². The number of rotatable bonds is 5. The number of hydrogen-bond acceptors (Lipinski definition) is 8. The second-order valence-corrected chi connectivity index (χ2v) is 6.41. The number of methoxy groups -OCH3 is 1. The van der Waals surface area contributed by atoms with Gasteiger partial charge in [0.25, 0.3) is 0 Å².